The molecule has 0 radical (unpaired) electrons. The summed E-state index contributed by atoms with van der Waals surface area (Å²) >= 11 is 3.34. The van der Waals surface area contributed by atoms with Gasteiger partial charge in [0, 0.05) is 4.47 Å². The number of nitrogens with zero attached hydrogens (tertiary/aromatic N) is 1. The van der Waals surface area contributed by atoms with Gasteiger partial charge in [-0.25, -0.2) is 0 Å². The van der Waals surface area contributed by atoms with E-state index in [0.29, 0.717) is 5.56 Å². The van der Waals surface area contributed by atoms with Gasteiger partial charge in [-0.1, -0.05) is 13.0 Å². The molecular formula is C12H12BrNO2. The summed E-state index contributed by atoms with van der Waals surface area (Å²) in [5.41, 5.74) is 2.43. The smallest absolute Gasteiger partial charge is 0.309 e. The molecule has 0 unspecified atom stereocenters. The number of esters is 1. The van der Waals surface area contributed by atoms with Gasteiger partial charge < -0.3 is 4.74 Å². The van der Waals surface area contributed by atoms with Crippen molar-refractivity contribution in [1.82, 2.24) is 0 Å². The lowest BCUT2D eigenvalue weighted by Crippen LogP contribution is -2.05. The Kier molecular flexibility index (Phi) is 4.51. The van der Waals surface area contributed by atoms with E-state index in [0.717, 1.165) is 22.0 Å². The summed E-state index contributed by atoms with van der Waals surface area (Å²) in [5.74, 6) is -0.279. The van der Waals surface area contributed by atoms with Crippen LogP contribution >= 0.6 is 15.9 Å². The maximum atomic E-state index is 11.1. The number of rotatable bonds is 3. The van der Waals surface area contributed by atoms with Crippen molar-refractivity contribution < 1.29 is 9.53 Å². The first kappa shape index (κ1) is 12.7. The molecule has 1 rings (SSSR count). The zero-order valence-corrected chi connectivity index (χ0v) is 10.8. The highest BCUT2D eigenvalue weighted by Gasteiger charge is 2.10. The van der Waals surface area contributed by atoms with E-state index < -0.39 is 0 Å². The number of hydrogen-bond acceptors (Lipinski definition) is 3. The summed E-state index contributed by atoms with van der Waals surface area (Å²) < 4.78 is 5.33. The van der Waals surface area contributed by atoms with Crippen molar-refractivity contribution >= 4 is 21.9 Å². The second-order valence-corrected chi connectivity index (χ2v) is 4.18. The third kappa shape index (κ3) is 2.83. The number of aryl methyl sites for hydroxylation is 1. The average Bonchev–Trinajstić information content (AvgIpc) is 2.28. The van der Waals surface area contributed by atoms with Crippen LogP contribution in [0, 0.1) is 11.3 Å². The Morgan fingerprint density at radius 1 is 1.56 bits per heavy atom. The molecule has 0 fully saturated rings. The number of benzene rings is 1. The van der Waals surface area contributed by atoms with Gasteiger partial charge in [0.05, 0.1) is 19.1 Å². The zero-order valence-electron chi connectivity index (χ0n) is 9.21. The van der Waals surface area contributed by atoms with Crippen molar-refractivity contribution in [1.29, 1.82) is 5.26 Å². The molecule has 0 bridgehead atoms. The maximum Gasteiger partial charge on any atom is 0.309 e. The number of carbonyl (C=O) groups is 1. The maximum absolute atomic E-state index is 11.1. The Bertz CT molecular complexity index is 449. The van der Waals surface area contributed by atoms with Crippen LogP contribution in [0.2, 0.25) is 0 Å². The van der Waals surface area contributed by atoms with Gasteiger partial charge in [-0.15, -0.1) is 0 Å². The third-order valence-corrected chi connectivity index (χ3v) is 2.93. The van der Waals surface area contributed by atoms with E-state index in [1.165, 1.54) is 7.11 Å². The van der Waals surface area contributed by atoms with Crippen molar-refractivity contribution in [3.8, 4) is 6.07 Å². The van der Waals surface area contributed by atoms with Gasteiger partial charge in [-0.2, -0.15) is 5.26 Å². The molecule has 4 heteroatoms. The summed E-state index contributed by atoms with van der Waals surface area (Å²) in [4.78, 5) is 11.1. The topological polar surface area (TPSA) is 50.1 Å². The molecule has 0 aliphatic heterocycles. The number of halogens is 1. The molecule has 0 saturated heterocycles. The molecule has 0 aliphatic carbocycles. The second kappa shape index (κ2) is 5.66. The fraction of sp³-hybridized carbons (Fsp3) is 0.333. The summed E-state index contributed by atoms with van der Waals surface area (Å²) in [5, 5.41) is 8.98. The predicted octanol–water partition coefficient (Wildman–Crippen LogP) is 2.60. The van der Waals surface area contributed by atoms with E-state index in [4.69, 9.17) is 5.26 Å². The van der Waals surface area contributed by atoms with E-state index in [9.17, 15) is 4.79 Å². The van der Waals surface area contributed by atoms with E-state index in [2.05, 4.69) is 26.7 Å². The molecule has 0 atom stereocenters. The van der Waals surface area contributed by atoms with Crippen LogP contribution in [0.15, 0.2) is 16.6 Å². The van der Waals surface area contributed by atoms with Gasteiger partial charge in [0.15, 0.2) is 0 Å². The number of hydrogen-bond donors (Lipinski definition) is 0. The van der Waals surface area contributed by atoms with Crippen molar-refractivity contribution in [3.63, 3.8) is 0 Å². The lowest BCUT2D eigenvalue weighted by molar-refractivity contribution is -0.139. The first-order chi connectivity index (χ1) is 7.62. The molecule has 1 aromatic rings. The van der Waals surface area contributed by atoms with Crippen molar-refractivity contribution in [2.45, 2.75) is 19.8 Å². The molecule has 0 spiro atoms. The Morgan fingerprint density at radius 2 is 2.25 bits per heavy atom. The molecule has 16 heavy (non-hydrogen) atoms. The summed E-state index contributed by atoms with van der Waals surface area (Å²) in [6, 6.07) is 5.81. The highest BCUT2D eigenvalue weighted by Crippen LogP contribution is 2.23. The van der Waals surface area contributed by atoms with Crippen molar-refractivity contribution in [2.75, 3.05) is 7.11 Å². The monoisotopic (exact) mass is 281 g/mol. The van der Waals surface area contributed by atoms with Crippen LogP contribution < -0.4 is 0 Å². The van der Waals surface area contributed by atoms with Gasteiger partial charge in [0.25, 0.3) is 0 Å². The van der Waals surface area contributed by atoms with Crippen molar-refractivity contribution in [3.05, 3.63) is 33.3 Å². The van der Waals surface area contributed by atoms with Gasteiger partial charge in [0.2, 0.25) is 0 Å². The average molecular weight is 282 g/mol. The molecule has 3 nitrogen and oxygen atoms in total. The van der Waals surface area contributed by atoms with E-state index in [1.54, 1.807) is 6.07 Å². The minimum absolute atomic E-state index is 0.230. The molecule has 0 saturated carbocycles. The van der Waals surface area contributed by atoms with Gasteiger partial charge in [-0.3, -0.25) is 4.79 Å². The SMILES string of the molecule is CCc1cc(CC(=O)OC)cc(Br)c1C#N. The van der Waals surface area contributed by atoms with Crippen LogP contribution in [-0.2, 0) is 22.4 Å². The molecule has 0 amide bonds. The Morgan fingerprint density at radius 3 is 2.75 bits per heavy atom. The first-order valence-electron chi connectivity index (χ1n) is 4.90. The highest BCUT2D eigenvalue weighted by atomic mass is 79.9. The summed E-state index contributed by atoms with van der Waals surface area (Å²) in [7, 11) is 1.36. The second-order valence-electron chi connectivity index (χ2n) is 3.33. The Balaban J connectivity index is 3.11. The minimum Gasteiger partial charge on any atom is -0.469 e. The summed E-state index contributed by atoms with van der Waals surface area (Å²) in [6.07, 6.45) is 0.990. The van der Waals surface area contributed by atoms with Crippen LogP contribution in [0.4, 0.5) is 0 Å². The molecule has 1 aromatic carbocycles. The molecule has 0 N–H and O–H groups in total. The fourth-order valence-corrected chi connectivity index (χ4v) is 2.11. The lowest BCUT2D eigenvalue weighted by atomic mass is 10.0. The quantitative estimate of drug-likeness (QED) is 0.801. The van der Waals surface area contributed by atoms with Crippen LogP contribution in [0.1, 0.15) is 23.6 Å². The van der Waals surface area contributed by atoms with Crippen LogP contribution in [0.3, 0.4) is 0 Å². The van der Waals surface area contributed by atoms with Crippen LogP contribution in [-0.4, -0.2) is 13.1 Å². The van der Waals surface area contributed by atoms with E-state index in [1.807, 2.05) is 13.0 Å². The fourth-order valence-electron chi connectivity index (χ4n) is 1.47. The predicted molar refractivity (Wildman–Crippen MR) is 64.0 cm³/mol. The standard InChI is InChI=1S/C12H12BrNO2/c1-3-9-4-8(6-12(15)16-2)5-11(13)10(9)7-14/h4-5H,3,6H2,1-2H3. The van der Waals surface area contributed by atoms with E-state index >= 15 is 0 Å². The molecule has 84 valence electrons. The largest absolute Gasteiger partial charge is 0.469 e. The molecular weight excluding hydrogens is 270 g/mol. The molecule has 0 heterocycles. The number of methoxy groups -OCH3 is 1. The third-order valence-electron chi connectivity index (χ3n) is 2.30. The van der Waals surface area contributed by atoms with E-state index in [-0.39, 0.29) is 12.4 Å². The molecule has 0 aliphatic rings. The Hall–Kier alpha value is -1.34. The first-order valence-corrected chi connectivity index (χ1v) is 5.69. The van der Waals surface area contributed by atoms with Gasteiger partial charge in [0.1, 0.15) is 6.07 Å². The zero-order chi connectivity index (χ0) is 12.1. The van der Waals surface area contributed by atoms with Gasteiger partial charge in [-0.05, 0) is 39.5 Å². The van der Waals surface area contributed by atoms with Crippen molar-refractivity contribution in [2.24, 2.45) is 0 Å². The van der Waals surface area contributed by atoms with Crippen LogP contribution in [0.5, 0.6) is 0 Å². The number of carbonyl (C=O) groups excluding carboxylic acids is 1. The lowest BCUT2D eigenvalue weighted by Gasteiger charge is -2.07. The molecule has 0 aromatic heterocycles. The normalized spacial score (nSPS) is 9.62. The number of nitriles is 1. The van der Waals surface area contributed by atoms with Crippen LogP contribution in [0.25, 0.3) is 0 Å². The minimum atomic E-state index is -0.279. The summed E-state index contributed by atoms with van der Waals surface area (Å²) in [6.45, 7) is 1.98. The number of ether oxygens (including phenoxy) is 1. The van der Waals surface area contributed by atoms with Gasteiger partial charge >= 0.3 is 5.97 Å². The Labute approximate surface area is 103 Å². The highest BCUT2D eigenvalue weighted by molar-refractivity contribution is 9.10.